The standard InChI is InChI=1S/C15H19NO5S/c1-15(2)13(18)11(16-6-4-3-5-10(16)17)12-8(21-15)7-9(22-12)14(19)20/h7,11,13,18H,3-6H2,1-2H3,(H,19,20)/t11-,13+/m0/s1. The van der Waals surface area contributed by atoms with Gasteiger partial charge in [0.25, 0.3) is 0 Å². The maximum Gasteiger partial charge on any atom is 0.346 e. The molecular weight excluding hydrogens is 306 g/mol. The van der Waals surface area contributed by atoms with Gasteiger partial charge < -0.3 is 19.8 Å². The van der Waals surface area contributed by atoms with Crippen LogP contribution in [0.15, 0.2) is 6.07 Å². The van der Waals surface area contributed by atoms with Gasteiger partial charge in [0, 0.05) is 19.0 Å². The molecule has 6 nitrogen and oxygen atoms in total. The number of piperidine rings is 1. The monoisotopic (exact) mass is 325 g/mol. The van der Waals surface area contributed by atoms with Crippen LogP contribution in [-0.4, -0.2) is 45.2 Å². The summed E-state index contributed by atoms with van der Waals surface area (Å²) in [6, 6.07) is 0.946. The number of aromatic carboxylic acids is 1. The molecule has 0 radical (unpaired) electrons. The third kappa shape index (κ3) is 2.38. The largest absolute Gasteiger partial charge is 0.484 e. The number of thiophene rings is 1. The third-order valence-corrected chi connectivity index (χ3v) is 5.46. The molecule has 0 spiro atoms. The van der Waals surface area contributed by atoms with E-state index in [1.165, 1.54) is 6.07 Å². The summed E-state index contributed by atoms with van der Waals surface area (Å²) in [5.74, 6) is -0.565. The number of fused-ring (bicyclic) bond motifs is 1. The van der Waals surface area contributed by atoms with E-state index >= 15 is 0 Å². The summed E-state index contributed by atoms with van der Waals surface area (Å²) in [4.78, 5) is 25.9. The van der Waals surface area contributed by atoms with Crippen molar-refractivity contribution in [2.24, 2.45) is 0 Å². The second kappa shape index (κ2) is 5.24. The minimum absolute atomic E-state index is 0.00391. The van der Waals surface area contributed by atoms with Gasteiger partial charge in [0.2, 0.25) is 5.91 Å². The fourth-order valence-corrected chi connectivity index (χ4v) is 4.15. The molecule has 0 bridgehead atoms. The van der Waals surface area contributed by atoms with E-state index in [9.17, 15) is 19.8 Å². The molecule has 1 saturated heterocycles. The van der Waals surface area contributed by atoms with Gasteiger partial charge >= 0.3 is 5.97 Å². The van der Waals surface area contributed by atoms with E-state index in [0.29, 0.717) is 23.6 Å². The van der Waals surface area contributed by atoms with Crippen LogP contribution in [0.5, 0.6) is 5.75 Å². The first kappa shape index (κ1) is 15.3. The average Bonchev–Trinajstić information content (AvgIpc) is 2.84. The first-order valence-electron chi connectivity index (χ1n) is 7.35. The Morgan fingerprint density at radius 3 is 2.82 bits per heavy atom. The van der Waals surface area contributed by atoms with Crippen LogP contribution in [0.2, 0.25) is 0 Å². The molecule has 1 aromatic heterocycles. The molecule has 2 N–H and O–H groups in total. The second-order valence-corrected chi connectivity index (χ2v) is 7.37. The first-order valence-corrected chi connectivity index (χ1v) is 8.16. The molecular formula is C15H19NO5S. The number of amides is 1. The highest BCUT2D eigenvalue weighted by Gasteiger charge is 2.48. The topological polar surface area (TPSA) is 87.1 Å². The number of hydrogen-bond acceptors (Lipinski definition) is 5. The lowest BCUT2D eigenvalue weighted by molar-refractivity contribution is -0.146. The smallest absolute Gasteiger partial charge is 0.346 e. The van der Waals surface area contributed by atoms with Crippen molar-refractivity contribution in [2.45, 2.75) is 50.9 Å². The number of carbonyl (C=O) groups excluding carboxylic acids is 1. The van der Waals surface area contributed by atoms with Crippen molar-refractivity contribution in [2.75, 3.05) is 6.54 Å². The number of carboxylic acids is 1. The van der Waals surface area contributed by atoms with Gasteiger partial charge in [0.15, 0.2) is 0 Å². The normalized spacial score (nSPS) is 27.2. The van der Waals surface area contributed by atoms with E-state index in [4.69, 9.17) is 4.74 Å². The van der Waals surface area contributed by atoms with Gasteiger partial charge in [-0.25, -0.2) is 4.79 Å². The van der Waals surface area contributed by atoms with Crippen molar-refractivity contribution >= 4 is 23.2 Å². The molecule has 7 heteroatoms. The highest BCUT2D eigenvalue weighted by atomic mass is 32.1. The minimum atomic E-state index is -1.03. The van der Waals surface area contributed by atoms with Gasteiger partial charge in [-0.3, -0.25) is 4.79 Å². The van der Waals surface area contributed by atoms with Crippen LogP contribution in [0.1, 0.15) is 53.7 Å². The van der Waals surface area contributed by atoms with E-state index in [1.807, 2.05) is 0 Å². The quantitative estimate of drug-likeness (QED) is 0.869. The Hall–Kier alpha value is -1.60. The number of aliphatic hydroxyl groups is 1. The Kier molecular flexibility index (Phi) is 3.65. The lowest BCUT2D eigenvalue weighted by atomic mass is 9.88. The van der Waals surface area contributed by atoms with Crippen molar-refractivity contribution in [1.29, 1.82) is 0 Å². The number of carbonyl (C=O) groups is 2. The van der Waals surface area contributed by atoms with Crippen molar-refractivity contribution in [1.82, 2.24) is 4.90 Å². The van der Waals surface area contributed by atoms with E-state index in [1.54, 1.807) is 18.7 Å². The number of likely N-dealkylation sites (tertiary alicyclic amines) is 1. The molecule has 1 aromatic rings. The molecule has 22 heavy (non-hydrogen) atoms. The molecule has 2 aliphatic heterocycles. The Morgan fingerprint density at radius 1 is 1.45 bits per heavy atom. The summed E-state index contributed by atoms with van der Waals surface area (Å²) < 4.78 is 5.78. The zero-order valence-corrected chi connectivity index (χ0v) is 13.4. The van der Waals surface area contributed by atoms with Gasteiger partial charge in [-0.1, -0.05) is 0 Å². The summed E-state index contributed by atoms with van der Waals surface area (Å²) in [6.45, 7) is 4.08. The molecule has 0 unspecified atom stereocenters. The molecule has 2 aliphatic rings. The van der Waals surface area contributed by atoms with Crippen LogP contribution in [0.3, 0.4) is 0 Å². The Labute approximate surface area is 132 Å². The Balaban J connectivity index is 2.07. The van der Waals surface area contributed by atoms with Crippen LogP contribution in [0.4, 0.5) is 0 Å². The highest BCUT2D eigenvalue weighted by molar-refractivity contribution is 7.14. The van der Waals surface area contributed by atoms with Gasteiger partial charge in [-0.2, -0.15) is 0 Å². The number of aliphatic hydroxyl groups excluding tert-OH is 1. The van der Waals surface area contributed by atoms with E-state index in [0.717, 1.165) is 24.2 Å². The predicted molar refractivity (Wildman–Crippen MR) is 80.3 cm³/mol. The molecule has 3 heterocycles. The Morgan fingerprint density at radius 2 is 2.18 bits per heavy atom. The van der Waals surface area contributed by atoms with Crippen LogP contribution in [0.25, 0.3) is 0 Å². The molecule has 3 rings (SSSR count). The number of hydrogen-bond donors (Lipinski definition) is 2. The molecule has 0 aromatic carbocycles. The summed E-state index contributed by atoms with van der Waals surface area (Å²) in [6.07, 6.45) is 1.32. The van der Waals surface area contributed by atoms with Gasteiger partial charge in [-0.15, -0.1) is 11.3 Å². The fourth-order valence-electron chi connectivity index (χ4n) is 3.08. The minimum Gasteiger partial charge on any atom is -0.484 e. The number of carboxylic acid groups (broad SMARTS) is 1. The van der Waals surface area contributed by atoms with Crippen LogP contribution < -0.4 is 4.74 Å². The predicted octanol–water partition coefficient (Wildman–Crippen LogP) is 2.03. The SMILES string of the molecule is CC1(C)Oc2cc(C(=O)O)sc2[C@H](N2CCCCC2=O)[C@H]1O. The second-order valence-electron chi connectivity index (χ2n) is 6.28. The summed E-state index contributed by atoms with van der Waals surface area (Å²) >= 11 is 1.07. The highest BCUT2D eigenvalue weighted by Crippen LogP contribution is 2.47. The summed E-state index contributed by atoms with van der Waals surface area (Å²) in [7, 11) is 0. The lowest BCUT2D eigenvalue weighted by Crippen LogP contribution is -2.55. The van der Waals surface area contributed by atoms with Gasteiger partial charge in [0.05, 0.1) is 10.9 Å². The van der Waals surface area contributed by atoms with E-state index in [-0.39, 0.29) is 10.8 Å². The maximum atomic E-state index is 12.3. The fraction of sp³-hybridized carbons (Fsp3) is 0.600. The van der Waals surface area contributed by atoms with Crippen LogP contribution in [-0.2, 0) is 4.79 Å². The van der Waals surface area contributed by atoms with E-state index in [2.05, 4.69) is 0 Å². The zero-order chi connectivity index (χ0) is 16.1. The maximum absolute atomic E-state index is 12.3. The van der Waals surface area contributed by atoms with Crippen molar-refractivity contribution < 1.29 is 24.5 Å². The summed E-state index contributed by atoms with van der Waals surface area (Å²) in [5, 5.41) is 19.9. The van der Waals surface area contributed by atoms with E-state index < -0.39 is 23.7 Å². The third-order valence-electron chi connectivity index (χ3n) is 4.28. The van der Waals surface area contributed by atoms with Gasteiger partial charge in [-0.05, 0) is 26.7 Å². The molecule has 2 atom stereocenters. The van der Waals surface area contributed by atoms with Gasteiger partial charge in [0.1, 0.15) is 22.3 Å². The van der Waals surface area contributed by atoms with Crippen molar-refractivity contribution in [3.63, 3.8) is 0 Å². The summed E-state index contributed by atoms with van der Waals surface area (Å²) in [5.41, 5.74) is -0.883. The van der Waals surface area contributed by atoms with Crippen molar-refractivity contribution in [3.8, 4) is 5.75 Å². The van der Waals surface area contributed by atoms with Crippen LogP contribution in [0, 0.1) is 0 Å². The molecule has 0 saturated carbocycles. The molecule has 0 aliphatic carbocycles. The van der Waals surface area contributed by atoms with Crippen molar-refractivity contribution in [3.05, 3.63) is 15.8 Å². The average molecular weight is 325 g/mol. The number of ether oxygens (including phenoxy) is 1. The van der Waals surface area contributed by atoms with Crippen LogP contribution >= 0.6 is 11.3 Å². The number of rotatable bonds is 2. The Bertz CT molecular complexity index is 623. The zero-order valence-electron chi connectivity index (χ0n) is 12.5. The number of nitrogens with zero attached hydrogens (tertiary/aromatic N) is 1. The molecule has 120 valence electrons. The lowest BCUT2D eigenvalue weighted by Gasteiger charge is -2.46. The first-order chi connectivity index (χ1) is 10.3. The molecule has 1 amide bonds. The molecule has 1 fully saturated rings.